The third-order valence-electron chi connectivity index (χ3n) is 2.74. The zero-order valence-corrected chi connectivity index (χ0v) is 11.3. The maximum atomic E-state index is 9.45. The molecule has 0 radical (unpaired) electrons. The Balaban J connectivity index is 2.07. The van der Waals surface area contributed by atoms with Crippen LogP contribution in [0.1, 0.15) is 24.2 Å². The SMILES string of the molecule is C[C@H](O)c1ccc(OCc2cccc(O)c2)c(Cl)c1. The number of aliphatic hydroxyl groups excluding tert-OH is 1. The minimum atomic E-state index is -0.558. The Labute approximate surface area is 117 Å². The van der Waals surface area contributed by atoms with Crippen LogP contribution in [0.2, 0.25) is 5.02 Å². The molecule has 0 saturated carbocycles. The molecule has 0 aliphatic heterocycles. The van der Waals surface area contributed by atoms with Gasteiger partial charge in [-0.1, -0.05) is 29.8 Å². The van der Waals surface area contributed by atoms with Crippen LogP contribution in [0.15, 0.2) is 42.5 Å². The number of hydrogen-bond donors (Lipinski definition) is 2. The second-order valence-corrected chi connectivity index (χ2v) is 4.73. The molecule has 0 spiro atoms. The smallest absolute Gasteiger partial charge is 0.138 e. The fourth-order valence-corrected chi connectivity index (χ4v) is 1.94. The van der Waals surface area contributed by atoms with Crippen molar-refractivity contribution in [1.29, 1.82) is 0 Å². The first kappa shape index (κ1) is 13.7. The molecule has 0 unspecified atom stereocenters. The predicted molar refractivity (Wildman–Crippen MR) is 74.5 cm³/mol. The van der Waals surface area contributed by atoms with Gasteiger partial charge in [-0.2, -0.15) is 0 Å². The van der Waals surface area contributed by atoms with Gasteiger partial charge >= 0.3 is 0 Å². The maximum absolute atomic E-state index is 9.45. The normalized spacial score (nSPS) is 12.2. The number of phenols is 1. The molecule has 0 fully saturated rings. The summed E-state index contributed by atoms with van der Waals surface area (Å²) in [5, 5.41) is 19.3. The highest BCUT2D eigenvalue weighted by molar-refractivity contribution is 6.32. The maximum Gasteiger partial charge on any atom is 0.138 e. The summed E-state index contributed by atoms with van der Waals surface area (Å²) < 4.78 is 5.59. The molecular weight excluding hydrogens is 264 g/mol. The summed E-state index contributed by atoms with van der Waals surface area (Å²) in [5.41, 5.74) is 1.60. The summed E-state index contributed by atoms with van der Waals surface area (Å²) in [6.45, 7) is 2.00. The van der Waals surface area contributed by atoms with Crippen LogP contribution in [0.5, 0.6) is 11.5 Å². The van der Waals surface area contributed by atoms with Gasteiger partial charge in [0.25, 0.3) is 0 Å². The number of ether oxygens (including phenoxy) is 1. The number of rotatable bonds is 4. The predicted octanol–water partition coefficient (Wildman–Crippen LogP) is 3.68. The van der Waals surface area contributed by atoms with Gasteiger partial charge in [0.2, 0.25) is 0 Å². The second-order valence-electron chi connectivity index (χ2n) is 4.32. The van der Waals surface area contributed by atoms with Crippen LogP contribution in [0.25, 0.3) is 0 Å². The lowest BCUT2D eigenvalue weighted by Gasteiger charge is -2.11. The fraction of sp³-hybridized carbons (Fsp3) is 0.200. The highest BCUT2D eigenvalue weighted by Gasteiger charge is 2.07. The van der Waals surface area contributed by atoms with E-state index in [1.807, 2.05) is 6.07 Å². The van der Waals surface area contributed by atoms with E-state index < -0.39 is 6.10 Å². The molecule has 0 aromatic heterocycles. The lowest BCUT2D eigenvalue weighted by molar-refractivity contribution is 0.199. The summed E-state index contributed by atoms with van der Waals surface area (Å²) in [4.78, 5) is 0. The number of aliphatic hydroxyl groups is 1. The van der Waals surface area contributed by atoms with E-state index in [4.69, 9.17) is 16.3 Å². The third kappa shape index (κ3) is 3.63. The Morgan fingerprint density at radius 1 is 1.21 bits per heavy atom. The molecule has 0 aliphatic rings. The van der Waals surface area contributed by atoms with Crippen molar-refractivity contribution in [3.05, 3.63) is 58.6 Å². The van der Waals surface area contributed by atoms with E-state index in [9.17, 15) is 10.2 Å². The van der Waals surface area contributed by atoms with Crippen LogP contribution >= 0.6 is 11.6 Å². The van der Waals surface area contributed by atoms with Crippen molar-refractivity contribution in [2.45, 2.75) is 19.6 Å². The van der Waals surface area contributed by atoms with E-state index in [2.05, 4.69) is 0 Å². The van der Waals surface area contributed by atoms with Gasteiger partial charge in [-0.15, -0.1) is 0 Å². The zero-order valence-electron chi connectivity index (χ0n) is 10.5. The van der Waals surface area contributed by atoms with E-state index in [1.165, 1.54) is 0 Å². The van der Waals surface area contributed by atoms with Crippen LogP contribution in [-0.2, 0) is 6.61 Å². The fourth-order valence-electron chi connectivity index (χ4n) is 1.70. The first-order valence-corrected chi connectivity index (χ1v) is 6.32. The Bertz CT molecular complexity index is 567. The molecule has 0 heterocycles. The van der Waals surface area contributed by atoms with Gasteiger partial charge in [-0.05, 0) is 42.3 Å². The van der Waals surface area contributed by atoms with Crippen LogP contribution < -0.4 is 4.74 Å². The highest BCUT2D eigenvalue weighted by atomic mass is 35.5. The number of phenolic OH excluding ortho intramolecular Hbond substituents is 1. The van der Waals surface area contributed by atoms with Gasteiger partial charge < -0.3 is 14.9 Å². The number of benzene rings is 2. The first-order chi connectivity index (χ1) is 9.06. The van der Waals surface area contributed by atoms with Crippen molar-refractivity contribution in [2.24, 2.45) is 0 Å². The van der Waals surface area contributed by atoms with Crippen molar-refractivity contribution in [3.8, 4) is 11.5 Å². The minimum absolute atomic E-state index is 0.205. The summed E-state index contributed by atoms with van der Waals surface area (Å²) in [5.74, 6) is 0.756. The summed E-state index contributed by atoms with van der Waals surface area (Å²) in [6.07, 6.45) is -0.558. The van der Waals surface area contributed by atoms with Gasteiger partial charge in [0.15, 0.2) is 0 Å². The van der Waals surface area contributed by atoms with E-state index >= 15 is 0 Å². The molecule has 4 heteroatoms. The van der Waals surface area contributed by atoms with Crippen molar-refractivity contribution in [2.75, 3.05) is 0 Å². The molecule has 2 aromatic rings. The molecular formula is C15H15ClO3. The van der Waals surface area contributed by atoms with E-state index in [-0.39, 0.29) is 5.75 Å². The zero-order chi connectivity index (χ0) is 13.8. The summed E-state index contributed by atoms with van der Waals surface area (Å²) >= 11 is 6.09. The van der Waals surface area contributed by atoms with Crippen LogP contribution in [0.4, 0.5) is 0 Å². The third-order valence-corrected chi connectivity index (χ3v) is 3.04. The molecule has 0 amide bonds. The topological polar surface area (TPSA) is 49.7 Å². The molecule has 2 rings (SSSR count). The van der Waals surface area contributed by atoms with Gasteiger partial charge in [-0.25, -0.2) is 0 Å². The van der Waals surface area contributed by atoms with Crippen molar-refractivity contribution < 1.29 is 14.9 Å². The monoisotopic (exact) mass is 278 g/mol. The van der Waals surface area contributed by atoms with E-state index in [1.54, 1.807) is 43.3 Å². The van der Waals surface area contributed by atoms with Gasteiger partial charge in [0.1, 0.15) is 18.1 Å². The van der Waals surface area contributed by atoms with Gasteiger partial charge in [0, 0.05) is 0 Å². The molecule has 1 atom stereocenters. The standard InChI is InChI=1S/C15H15ClO3/c1-10(17)12-5-6-15(14(16)8-12)19-9-11-3-2-4-13(18)7-11/h2-8,10,17-18H,9H2,1H3/t10-/m0/s1. The van der Waals surface area contributed by atoms with Gasteiger partial charge in [0.05, 0.1) is 11.1 Å². The minimum Gasteiger partial charge on any atom is -0.508 e. The van der Waals surface area contributed by atoms with Crippen LogP contribution in [0.3, 0.4) is 0 Å². The lowest BCUT2D eigenvalue weighted by Crippen LogP contribution is -1.97. The molecule has 0 aliphatic carbocycles. The molecule has 19 heavy (non-hydrogen) atoms. The molecule has 2 aromatic carbocycles. The van der Waals surface area contributed by atoms with Crippen molar-refractivity contribution in [3.63, 3.8) is 0 Å². The Morgan fingerprint density at radius 3 is 2.63 bits per heavy atom. The van der Waals surface area contributed by atoms with Crippen LogP contribution in [0, 0.1) is 0 Å². The molecule has 2 N–H and O–H groups in total. The van der Waals surface area contributed by atoms with E-state index in [0.29, 0.717) is 17.4 Å². The summed E-state index contributed by atoms with van der Waals surface area (Å²) in [7, 11) is 0. The highest BCUT2D eigenvalue weighted by Crippen LogP contribution is 2.28. The molecule has 100 valence electrons. The molecule has 0 saturated heterocycles. The van der Waals surface area contributed by atoms with Crippen molar-refractivity contribution in [1.82, 2.24) is 0 Å². The number of halogens is 1. The Hall–Kier alpha value is -1.71. The average Bonchev–Trinajstić information content (AvgIpc) is 2.37. The molecule has 0 bridgehead atoms. The quantitative estimate of drug-likeness (QED) is 0.897. The lowest BCUT2D eigenvalue weighted by atomic mass is 10.1. The van der Waals surface area contributed by atoms with Crippen molar-refractivity contribution >= 4 is 11.6 Å². The summed E-state index contributed by atoms with van der Waals surface area (Å²) in [6, 6.07) is 12.0. The Morgan fingerprint density at radius 2 is 2.00 bits per heavy atom. The largest absolute Gasteiger partial charge is 0.508 e. The first-order valence-electron chi connectivity index (χ1n) is 5.94. The number of hydrogen-bond acceptors (Lipinski definition) is 3. The molecule has 3 nitrogen and oxygen atoms in total. The average molecular weight is 279 g/mol. The second kappa shape index (κ2) is 5.95. The number of aromatic hydroxyl groups is 1. The van der Waals surface area contributed by atoms with Crippen LogP contribution in [-0.4, -0.2) is 10.2 Å². The van der Waals surface area contributed by atoms with Gasteiger partial charge in [-0.3, -0.25) is 0 Å². The van der Waals surface area contributed by atoms with E-state index in [0.717, 1.165) is 11.1 Å². The Kier molecular flexibility index (Phi) is 4.30.